The molecule has 1 unspecified atom stereocenters. The van der Waals surface area contributed by atoms with Crippen molar-refractivity contribution in [2.45, 2.75) is 37.6 Å². The Bertz CT molecular complexity index is 729. The number of fused-ring (bicyclic) bond motifs is 1. The largest absolute Gasteiger partial charge is 0.391 e. The van der Waals surface area contributed by atoms with Gasteiger partial charge < -0.3 is 25.0 Å². The zero-order valence-corrected chi connectivity index (χ0v) is 10.9. The molecule has 5 N–H and O–H groups in total. The third kappa shape index (κ3) is 2.03. The lowest BCUT2D eigenvalue weighted by atomic mass is 10.1. The van der Waals surface area contributed by atoms with Crippen LogP contribution in [0.15, 0.2) is 6.33 Å². The summed E-state index contributed by atoms with van der Waals surface area (Å²) < 4.78 is 20.1. The molecular weight excluding hydrogens is 285 g/mol. The van der Waals surface area contributed by atoms with Crippen LogP contribution >= 0.6 is 0 Å². The fraction of sp³-hybridized carbons (Fsp3) is 0.545. The number of nitrogens with one attached hydrogen (secondary N) is 2. The van der Waals surface area contributed by atoms with E-state index < -0.39 is 36.7 Å². The van der Waals surface area contributed by atoms with Gasteiger partial charge in [-0.25, -0.2) is 4.98 Å². The van der Waals surface area contributed by atoms with E-state index >= 15 is 0 Å². The number of ether oxygens (including phenoxy) is 1. The van der Waals surface area contributed by atoms with E-state index in [0.717, 1.165) is 0 Å². The minimum Gasteiger partial charge on any atom is -0.391 e. The summed E-state index contributed by atoms with van der Waals surface area (Å²) in [6, 6.07) is 0. The van der Waals surface area contributed by atoms with E-state index in [1.807, 2.05) is 0 Å². The number of aromatic nitrogens is 4. The number of aliphatic hydroxyl groups is 3. The third-order valence-electron chi connectivity index (χ3n) is 3.50. The van der Waals surface area contributed by atoms with Gasteiger partial charge in [0.25, 0.3) is 6.08 Å². The number of nitrogens with zero attached hydrogens (tertiary/aromatic N) is 3. The molecule has 1 aliphatic heterocycles. The number of halogens is 1. The van der Waals surface area contributed by atoms with Crippen molar-refractivity contribution in [3.63, 3.8) is 0 Å². The molecule has 21 heavy (non-hydrogen) atoms. The standard InChI is InChI=1S/C11H14FN5O4/c1-3(18)7-5(19)6(20)10(21-7)17-8(13)4-9(15-2-14-4)16-11(17)12/h2-3,5-7,10,13,18-20H,1H3,(H,14,15)/t3-,5-,6+,7+,10?/m1/s1. The lowest BCUT2D eigenvalue weighted by molar-refractivity contribution is -0.0841. The van der Waals surface area contributed by atoms with Crippen LogP contribution in [0.2, 0.25) is 0 Å². The summed E-state index contributed by atoms with van der Waals surface area (Å²) >= 11 is 0. The Morgan fingerprint density at radius 2 is 2.19 bits per heavy atom. The molecule has 0 amide bonds. The van der Waals surface area contributed by atoms with Crippen molar-refractivity contribution >= 4 is 11.2 Å². The minimum atomic E-state index is -1.50. The molecule has 0 spiro atoms. The molecule has 0 radical (unpaired) electrons. The van der Waals surface area contributed by atoms with Gasteiger partial charge in [-0.05, 0) is 6.92 Å². The summed E-state index contributed by atoms with van der Waals surface area (Å²) in [6.45, 7) is 1.38. The van der Waals surface area contributed by atoms with E-state index in [-0.39, 0.29) is 16.7 Å². The highest BCUT2D eigenvalue weighted by Gasteiger charge is 2.46. The average molecular weight is 299 g/mol. The average Bonchev–Trinajstić information content (AvgIpc) is 2.98. The number of hydrogen-bond donors (Lipinski definition) is 5. The Hall–Kier alpha value is -1.88. The Morgan fingerprint density at radius 1 is 1.48 bits per heavy atom. The molecule has 2 aromatic rings. The van der Waals surface area contributed by atoms with Gasteiger partial charge in [0.1, 0.15) is 23.8 Å². The Kier molecular flexibility index (Phi) is 3.24. The van der Waals surface area contributed by atoms with Crippen LogP contribution in [0.1, 0.15) is 13.2 Å². The monoisotopic (exact) mass is 299 g/mol. The summed E-state index contributed by atoms with van der Waals surface area (Å²) in [5.74, 6) is 0. The molecule has 0 saturated carbocycles. The fourth-order valence-electron chi connectivity index (χ4n) is 2.43. The van der Waals surface area contributed by atoms with Crippen LogP contribution in [0.25, 0.3) is 11.2 Å². The van der Waals surface area contributed by atoms with Gasteiger partial charge in [-0.15, -0.1) is 0 Å². The first kappa shape index (κ1) is 14.1. The van der Waals surface area contributed by atoms with E-state index in [0.29, 0.717) is 4.57 Å². The summed E-state index contributed by atoms with van der Waals surface area (Å²) in [6.07, 6.45) is -6.25. The first-order valence-corrected chi connectivity index (χ1v) is 6.27. The zero-order valence-electron chi connectivity index (χ0n) is 10.9. The topological polar surface area (TPSA) is 140 Å². The van der Waals surface area contributed by atoms with Crippen LogP contribution in [0.4, 0.5) is 4.39 Å². The molecule has 2 aromatic heterocycles. The molecule has 5 atom stereocenters. The second-order valence-corrected chi connectivity index (χ2v) is 4.91. The Labute approximate surface area is 117 Å². The van der Waals surface area contributed by atoms with Crippen molar-refractivity contribution < 1.29 is 24.4 Å². The molecule has 10 heteroatoms. The van der Waals surface area contributed by atoms with Gasteiger partial charge in [0.2, 0.25) is 0 Å². The van der Waals surface area contributed by atoms with Gasteiger partial charge in [-0.3, -0.25) is 9.98 Å². The fourth-order valence-corrected chi connectivity index (χ4v) is 2.43. The van der Waals surface area contributed by atoms with Crippen LogP contribution in [0.5, 0.6) is 0 Å². The number of aromatic amines is 1. The van der Waals surface area contributed by atoms with Crippen molar-refractivity contribution in [2.24, 2.45) is 0 Å². The van der Waals surface area contributed by atoms with Gasteiger partial charge in [-0.1, -0.05) is 0 Å². The van der Waals surface area contributed by atoms with Crippen molar-refractivity contribution in [1.82, 2.24) is 19.5 Å². The highest BCUT2D eigenvalue weighted by Crippen LogP contribution is 2.30. The molecule has 3 heterocycles. The molecule has 114 valence electrons. The highest BCUT2D eigenvalue weighted by molar-refractivity contribution is 5.67. The van der Waals surface area contributed by atoms with E-state index in [1.165, 1.54) is 13.3 Å². The van der Waals surface area contributed by atoms with Crippen LogP contribution < -0.4 is 5.49 Å². The normalized spacial score (nSPS) is 30.9. The summed E-state index contributed by atoms with van der Waals surface area (Å²) in [5.41, 5.74) is -0.145. The van der Waals surface area contributed by atoms with Gasteiger partial charge in [0.15, 0.2) is 17.4 Å². The molecule has 1 aliphatic rings. The van der Waals surface area contributed by atoms with Crippen molar-refractivity contribution in [3.05, 3.63) is 17.9 Å². The lowest BCUT2D eigenvalue weighted by Gasteiger charge is -2.19. The molecule has 9 nitrogen and oxygen atoms in total. The van der Waals surface area contributed by atoms with Gasteiger partial charge >= 0.3 is 0 Å². The number of aliphatic hydroxyl groups excluding tert-OH is 3. The third-order valence-corrected chi connectivity index (χ3v) is 3.50. The van der Waals surface area contributed by atoms with Crippen molar-refractivity contribution in [3.8, 4) is 0 Å². The molecule has 1 saturated heterocycles. The smallest absolute Gasteiger partial charge is 0.295 e. The first-order valence-electron chi connectivity index (χ1n) is 6.27. The second-order valence-electron chi connectivity index (χ2n) is 4.91. The van der Waals surface area contributed by atoms with E-state index in [2.05, 4.69) is 15.0 Å². The van der Waals surface area contributed by atoms with Gasteiger partial charge in [0, 0.05) is 0 Å². The van der Waals surface area contributed by atoms with Gasteiger partial charge in [-0.2, -0.15) is 9.37 Å². The number of hydrogen-bond acceptors (Lipinski definition) is 7. The van der Waals surface area contributed by atoms with Crippen molar-refractivity contribution in [1.29, 1.82) is 5.41 Å². The molecule has 0 aliphatic carbocycles. The molecule has 3 rings (SSSR count). The maximum atomic E-state index is 14.1. The van der Waals surface area contributed by atoms with Crippen LogP contribution in [0, 0.1) is 11.5 Å². The highest BCUT2D eigenvalue weighted by atomic mass is 19.1. The Balaban J connectivity index is 2.10. The quantitative estimate of drug-likeness (QED) is 0.422. The molecule has 1 fully saturated rings. The van der Waals surface area contributed by atoms with E-state index in [1.54, 1.807) is 0 Å². The summed E-state index contributed by atoms with van der Waals surface area (Å²) in [5, 5.41) is 37.3. The van der Waals surface area contributed by atoms with Crippen molar-refractivity contribution in [2.75, 3.05) is 0 Å². The van der Waals surface area contributed by atoms with Gasteiger partial charge in [0.05, 0.1) is 12.4 Å². The molecular formula is C11H14FN5O4. The molecule has 0 aromatic carbocycles. The predicted octanol–water partition coefficient (Wildman–Crippen LogP) is -1.62. The minimum absolute atomic E-state index is 0.0221. The maximum Gasteiger partial charge on any atom is 0.295 e. The predicted molar refractivity (Wildman–Crippen MR) is 65.3 cm³/mol. The van der Waals surface area contributed by atoms with Crippen LogP contribution in [0.3, 0.4) is 0 Å². The SMILES string of the molecule is C[C@@H](O)[C@@H]1OC(n2c(F)nc3nc[nH]c3c2=N)[C@@H](O)[C@H]1O. The number of H-pyrrole nitrogens is 1. The number of imidazole rings is 1. The number of rotatable bonds is 2. The second kappa shape index (κ2) is 4.84. The first-order chi connectivity index (χ1) is 9.91. The van der Waals surface area contributed by atoms with E-state index in [4.69, 9.17) is 10.1 Å². The molecule has 0 bridgehead atoms. The van der Waals surface area contributed by atoms with Crippen LogP contribution in [-0.2, 0) is 4.74 Å². The maximum absolute atomic E-state index is 14.1. The van der Waals surface area contributed by atoms with E-state index in [9.17, 15) is 19.7 Å². The summed E-state index contributed by atoms with van der Waals surface area (Å²) in [7, 11) is 0. The Morgan fingerprint density at radius 3 is 2.81 bits per heavy atom. The lowest BCUT2D eigenvalue weighted by Crippen LogP contribution is -2.38. The summed E-state index contributed by atoms with van der Waals surface area (Å²) in [4.78, 5) is 9.96. The van der Waals surface area contributed by atoms with Crippen LogP contribution in [-0.4, -0.2) is 59.3 Å². The zero-order chi connectivity index (χ0) is 15.3.